The molecule has 0 aromatic carbocycles. The van der Waals surface area contributed by atoms with Gasteiger partial charge in [0.2, 0.25) is 5.91 Å². The Morgan fingerprint density at radius 2 is 2.23 bits per heavy atom. The number of nitrogens with zero attached hydrogens (tertiary/aromatic N) is 8. The maximum atomic E-state index is 12.1. The van der Waals surface area contributed by atoms with Crippen molar-refractivity contribution >= 4 is 17.5 Å². The number of carbonyl (C=O) groups is 1. The van der Waals surface area contributed by atoms with Gasteiger partial charge in [-0.15, -0.1) is 0 Å². The van der Waals surface area contributed by atoms with Gasteiger partial charge in [0, 0.05) is 44.0 Å². The molecular formula is C17H20N8O. The second-order valence-electron chi connectivity index (χ2n) is 6.97. The lowest BCUT2D eigenvalue weighted by Crippen LogP contribution is -2.44. The zero-order valence-electron chi connectivity index (χ0n) is 14.6. The van der Waals surface area contributed by atoms with E-state index in [0.717, 1.165) is 43.3 Å². The second kappa shape index (κ2) is 5.79. The third kappa shape index (κ3) is 2.42. The van der Waals surface area contributed by atoms with Gasteiger partial charge in [-0.25, -0.2) is 4.98 Å². The lowest BCUT2D eigenvalue weighted by atomic mass is 10.1. The number of aromatic nitrogens is 6. The molecule has 1 amide bonds. The SMILES string of the molecule is Cc1cc(N2Cc3ccnn3[C@@H](CN3CCCC3=O)C2)n2ncnc2n1. The van der Waals surface area contributed by atoms with E-state index in [1.54, 1.807) is 4.52 Å². The van der Waals surface area contributed by atoms with Crippen LogP contribution in [0.15, 0.2) is 24.7 Å². The van der Waals surface area contributed by atoms with Crippen LogP contribution in [0.25, 0.3) is 5.78 Å². The third-order valence-electron chi connectivity index (χ3n) is 5.17. The van der Waals surface area contributed by atoms with Gasteiger partial charge in [-0.05, 0) is 19.4 Å². The van der Waals surface area contributed by atoms with Crippen LogP contribution in [-0.4, -0.2) is 59.8 Å². The molecule has 5 heterocycles. The van der Waals surface area contributed by atoms with Crippen molar-refractivity contribution in [2.45, 2.75) is 32.4 Å². The standard InChI is InChI=1S/C17H20N8O/c1-12-7-15(25-17(21-12)18-11-20-25)23-8-13-4-5-19-24(13)14(10-23)9-22-6-2-3-16(22)26/h4-5,7,11,14H,2-3,6,8-10H2,1H3/t14-/m0/s1. The van der Waals surface area contributed by atoms with Crippen LogP contribution in [0.1, 0.15) is 30.3 Å². The molecule has 1 atom stereocenters. The molecule has 5 rings (SSSR count). The first-order valence-electron chi connectivity index (χ1n) is 8.91. The lowest BCUT2D eigenvalue weighted by molar-refractivity contribution is -0.128. The zero-order valence-corrected chi connectivity index (χ0v) is 14.6. The van der Waals surface area contributed by atoms with Gasteiger partial charge in [0.1, 0.15) is 12.1 Å². The Bertz CT molecular complexity index is 976. The molecule has 9 heteroatoms. The molecule has 9 nitrogen and oxygen atoms in total. The van der Waals surface area contributed by atoms with Gasteiger partial charge in [-0.3, -0.25) is 9.48 Å². The molecule has 1 saturated heterocycles. The average Bonchev–Trinajstić information content (AvgIpc) is 3.35. The molecule has 26 heavy (non-hydrogen) atoms. The summed E-state index contributed by atoms with van der Waals surface area (Å²) in [5.41, 5.74) is 2.04. The topological polar surface area (TPSA) is 84.5 Å². The predicted molar refractivity (Wildman–Crippen MR) is 93.6 cm³/mol. The molecule has 2 aliphatic heterocycles. The largest absolute Gasteiger partial charge is 0.348 e. The molecule has 3 aromatic rings. The Hall–Kier alpha value is -2.97. The van der Waals surface area contributed by atoms with Crippen LogP contribution in [0.2, 0.25) is 0 Å². The lowest BCUT2D eigenvalue weighted by Gasteiger charge is -2.36. The molecule has 0 saturated carbocycles. The van der Waals surface area contributed by atoms with Crippen LogP contribution in [0.5, 0.6) is 0 Å². The summed E-state index contributed by atoms with van der Waals surface area (Å²) in [6, 6.07) is 4.19. The van der Waals surface area contributed by atoms with Gasteiger partial charge in [-0.2, -0.15) is 19.7 Å². The highest BCUT2D eigenvalue weighted by Gasteiger charge is 2.31. The first-order chi connectivity index (χ1) is 12.7. The Morgan fingerprint density at radius 3 is 3.08 bits per heavy atom. The van der Waals surface area contributed by atoms with Crippen LogP contribution >= 0.6 is 0 Å². The van der Waals surface area contributed by atoms with E-state index in [1.807, 2.05) is 30.2 Å². The normalized spacial score (nSPS) is 20.2. The van der Waals surface area contributed by atoms with E-state index >= 15 is 0 Å². The number of hydrogen-bond acceptors (Lipinski definition) is 6. The minimum absolute atomic E-state index is 0.114. The third-order valence-corrected chi connectivity index (χ3v) is 5.17. The van der Waals surface area contributed by atoms with Crippen molar-refractivity contribution in [2.75, 3.05) is 24.5 Å². The van der Waals surface area contributed by atoms with Crippen molar-refractivity contribution < 1.29 is 4.79 Å². The summed E-state index contributed by atoms with van der Waals surface area (Å²) in [6.07, 6.45) is 4.97. The number of hydrogen-bond donors (Lipinski definition) is 0. The highest BCUT2D eigenvalue weighted by atomic mass is 16.2. The zero-order chi connectivity index (χ0) is 17.7. The van der Waals surface area contributed by atoms with Gasteiger partial charge in [-0.1, -0.05) is 0 Å². The maximum Gasteiger partial charge on any atom is 0.254 e. The minimum Gasteiger partial charge on any atom is -0.348 e. The molecule has 0 bridgehead atoms. The van der Waals surface area contributed by atoms with E-state index in [4.69, 9.17) is 0 Å². The summed E-state index contributed by atoms with van der Waals surface area (Å²) in [5.74, 6) is 1.81. The molecule has 1 fully saturated rings. The quantitative estimate of drug-likeness (QED) is 0.694. The van der Waals surface area contributed by atoms with Crippen LogP contribution in [0.4, 0.5) is 5.82 Å². The van der Waals surface area contributed by atoms with Crippen molar-refractivity contribution in [2.24, 2.45) is 0 Å². The molecule has 0 unspecified atom stereocenters. The summed E-state index contributed by atoms with van der Waals surface area (Å²) < 4.78 is 3.84. The van der Waals surface area contributed by atoms with Gasteiger partial charge in [0.15, 0.2) is 0 Å². The van der Waals surface area contributed by atoms with E-state index in [2.05, 4.69) is 29.7 Å². The Balaban J connectivity index is 1.51. The molecule has 0 radical (unpaired) electrons. The number of anilines is 1. The fourth-order valence-corrected chi connectivity index (χ4v) is 3.99. The molecule has 0 N–H and O–H groups in total. The van der Waals surface area contributed by atoms with Crippen LogP contribution < -0.4 is 4.90 Å². The number of aryl methyl sites for hydroxylation is 1. The van der Waals surface area contributed by atoms with E-state index in [0.29, 0.717) is 18.7 Å². The monoisotopic (exact) mass is 352 g/mol. The number of rotatable bonds is 3. The average molecular weight is 352 g/mol. The number of fused-ring (bicyclic) bond motifs is 2. The molecule has 0 spiro atoms. The Morgan fingerprint density at radius 1 is 1.31 bits per heavy atom. The molecule has 0 aliphatic carbocycles. The van der Waals surface area contributed by atoms with Crippen LogP contribution in [0, 0.1) is 6.92 Å². The Kier molecular flexibility index (Phi) is 3.41. The number of likely N-dealkylation sites (tertiary alicyclic amines) is 1. The number of carbonyl (C=O) groups excluding carboxylic acids is 1. The van der Waals surface area contributed by atoms with Crippen molar-refractivity contribution in [3.8, 4) is 0 Å². The summed E-state index contributed by atoms with van der Waals surface area (Å²) >= 11 is 0. The van der Waals surface area contributed by atoms with Crippen molar-refractivity contribution in [3.63, 3.8) is 0 Å². The van der Waals surface area contributed by atoms with Gasteiger partial charge >= 0.3 is 0 Å². The fourth-order valence-electron chi connectivity index (χ4n) is 3.99. The molecule has 3 aromatic heterocycles. The van der Waals surface area contributed by atoms with E-state index in [9.17, 15) is 4.79 Å². The maximum absolute atomic E-state index is 12.1. The molecule has 134 valence electrons. The van der Waals surface area contributed by atoms with Gasteiger partial charge < -0.3 is 9.80 Å². The van der Waals surface area contributed by atoms with E-state index in [1.165, 1.54) is 6.33 Å². The first kappa shape index (κ1) is 15.3. The van der Waals surface area contributed by atoms with E-state index < -0.39 is 0 Å². The molecule has 2 aliphatic rings. The summed E-state index contributed by atoms with van der Waals surface area (Å²) in [4.78, 5) is 25.0. The van der Waals surface area contributed by atoms with E-state index in [-0.39, 0.29) is 11.9 Å². The predicted octanol–water partition coefficient (Wildman–Crippen LogP) is 0.813. The fraction of sp³-hybridized carbons (Fsp3) is 0.471. The summed E-state index contributed by atoms with van der Waals surface area (Å²) in [7, 11) is 0. The van der Waals surface area contributed by atoms with Crippen molar-refractivity contribution in [1.29, 1.82) is 0 Å². The van der Waals surface area contributed by atoms with Crippen molar-refractivity contribution in [1.82, 2.24) is 34.3 Å². The molecular weight excluding hydrogens is 332 g/mol. The summed E-state index contributed by atoms with van der Waals surface area (Å²) in [6.45, 7) is 4.99. The number of amides is 1. The van der Waals surface area contributed by atoms with Gasteiger partial charge in [0.25, 0.3) is 5.78 Å². The minimum atomic E-state index is 0.114. The first-order valence-corrected chi connectivity index (χ1v) is 8.91. The smallest absolute Gasteiger partial charge is 0.254 e. The highest BCUT2D eigenvalue weighted by molar-refractivity contribution is 5.78. The Labute approximate surface area is 150 Å². The van der Waals surface area contributed by atoms with Crippen molar-refractivity contribution in [3.05, 3.63) is 36.0 Å². The van der Waals surface area contributed by atoms with Crippen LogP contribution in [0.3, 0.4) is 0 Å². The second-order valence-corrected chi connectivity index (χ2v) is 6.97. The summed E-state index contributed by atoms with van der Waals surface area (Å²) in [5, 5.41) is 8.84. The highest BCUT2D eigenvalue weighted by Crippen LogP contribution is 2.27. The van der Waals surface area contributed by atoms with Crippen LogP contribution in [-0.2, 0) is 11.3 Å². The van der Waals surface area contributed by atoms with Gasteiger partial charge in [0.05, 0.1) is 18.3 Å².